The van der Waals surface area contributed by atoms with Crippen molar-refractivity contribution in [3.05, 3.63) is 36.5 Å². The number of aliphatic hydroxyl groups is 5. The molecule has 1 amide bonds. The second-order valence-electron chi connectivity index (χ2n) is 16.5. The number of nitrogens with one attached hydrogen (secondary N) is 1. The highest BCUT2D eigenvalue weighted by atomic mass is 16.7. The van der Waals surface area contributed by atoms with Crippen molar-refractivity contribution in [3.63, 3.8) is 0 Å². The molecule has 1 saturated heterocycles. The number of carbonyl (C=O) groups excluding carboxylic acids is 1. The van der Waals surface area contributed by atoms with Crippen LogP contribution in [-0.2, 0) is 14.3 Å². The second kappa shape index (κ2) is 38.6. The fraction of sp³-hybridized carbons (Fsp3) is 0.854. The highest BCUT2D eigenvalue weighted by Crippen LogP contribution is 2.22. The number of hydrogen-bond acceptors (Lipinski definition) is 8. The van der Waals surface area contributed by atoms with E-state index in [9.17, 15) is 30.3 Å². The summed E-state index contributed by atoms with van der Waals surface area (Å²) in [6, 6.07) is -0.824. The smallest absolute Gasteiger partial charge is 0.220 e. The molecule has 1 aliphatic rings. The summed E-state index contributed by atoms with van der Waals surface area (Å²) >= 11 is 0. The molecule has 0 aromatic rings. The summed E-state index contributed by atoms with van der Waals surface area (Å²) in [4.78, 5) is 12.9. The first-order chi connectivity index (χ1) is 27.8. The topological polar surface area (TPSA) is 149 Å². The van der Waals surface area contributed by atoms with Crippen LogP contribution in [0.25, 0.3) is 0 Å². The Morgan fingerprint density at radius 2 is 1.00 bits per heavy atom. The van der Waals surface area contributed by atoms with Crippen LogP contribution in [0.3, 0.4) is 0 Å². The van der Waals surface area contributed by atoms with E-state index in [4.69, 9.17) is 9.47 Å². The molecule has 1 aliphatic heterocycles. The van der Waals surface area contributed by atoms with Crippen LogP contribution in [0.1, 0.15) is 206 Å². The van der Waals surface area contributed by atoms with Gasteiger partial charge in [-0.05, 0) is 44.9 Å². The molecule has 0 bridgehead atoms. The van der Waals surface area contributed by atoms with Crippen molar-refractivity contribution in [3.8, 4) is 0 Å². The van der Waals surface area contributed by atoms with Gasteiger partial charge in [-0.2, -0.15) is 0 Å². The predicted octanol–water partition coefficient (Wildman–Crippen LogP) is 10.1. The third-order valence-electron chi connectivity index (χ3n) is 11.2. The summed E-state index contributed by atoms with van der Waals surface area (Å²) in [7, 11) is 0. The first-order valence-corrected chi connectivity index (χ1v) is 23.7. The zero-order valence-electron chi connectivity index (χ0n) is 36.6. The maximum atomic E-state index is 12.9. The Hall–Kier alpha value is -1.59. The predicted molar refractivity (Wildman–Crippen MR) is 235 cm³/mol. The second-order valence-corrected chi connectivity index (χ2v) is 16.5. The number of unbranched alkanes of at least 4 members (excludes halogenated alkanes) is 25. The average Bonchev–Trinajstić information content (AvgIpc) is 3.21. The van der Waals surface area contributed by atoms with Gasteiger partial charge in [0, 0.05) is 6.42 Å². The third-order valence-corrected chi connectivity index (χ3v) is 11.2. The largest absolute Gasteiger partial charge is 0.394 e. The summed E-state index contributed by atoms with van der Waals surface area (Å²) in [6.07, 6.45) is 40.5. The molecule has 7 atom stereocenters. The van der Waals surface area contributed by atoms with E-state index in [0.29, 0.717) is 6.42 Å². The van der Waals surface area contributed by atoms with E-state index < -0.39 is 49.5 Å². The van der Waals surface area contributed by atoms with Crippen molar-refractivity contribution < 1.29 is 39.8 Å². The standard InChI is InChI=1S/C48H89NO8/c1-3-5-7-9-11-13-15-17-19-20-21-22-23-24-25-27-29-31-33-35-37-42(51)41(40-56-48-47(55)46(54)45(53)43(39-50)57-48)49-44(52)38-36-34-32-30-28-26-18-16-14-12-10-8-6-4-2/h22-23,27,29,35,37,41-43,45-48,50-51,53-55H,3-21,24-26,28,30-34,36,38-40H2,1-2H3,(H,49,52)/b23-22+,29-27+,37-35+. The Labute approximate surface area is 349 Å². The lowest BCUT2D eigenvalue weighted by atomic mass is 9.99. The van der Waals surface area contributed by atoms with E-state index in [0.717, 1.165) is 44.9 Å². The van der Waals surface area contributed by atoms with Gasteiger partial charge in [0.15, 0.2) is 6.29 Å². The van der Waals surface area contributed by atoms with Gasteiger partial charge in [0.2, 0.25) is 5.91 Å². The lowest BCUT2D eigenvalue weighted by Crippen LogP contribution is -2.60. The van der Waals surface area contributed by atoms with Crippen LogP contribution in [0.4, 0.5) is 0 Å². The van der Waals surface area contributed by atoms with E-state index >= 15 is 0 Å². The molecule has 1 rings (SSSR count). The molecule has 0 saturated carbocycles. The van der Waals surface area contributed by atoms with Crippen LogP contribution in [0.15, 0.2) is 36.5 Å². The van der Waals surface area contributed by atoms with Gasteiger partial charge in [-0.25, -0.2) is 0 Å². The number of amides is 1. The summed E-state index contributed by atoms with van der Waals surface area (Å²) < 4.78 is 11.2. The first kappa shape index (κ1) is 53.4. The maximum Gasteiger partial charge on any atom is 0.220 e. The van der Waals surface area contributed by atoms with E-state index in [1.807, 2.05) is 6.08 Å². The number of hydrogen-bond donors (Lipinski definition) is 6. The molecule has 0 aromatic heterocycles. The number of aliphatic hydroxyl groups excluding tert-OH is 5. The molecule has 9 heteroatoms. The van der Waals surface area contributed by atoms with Gasteiger partial charge >= 0.3 is 0 Å². The third kappa shape index (κ3) is 29.3. The van der Waals surface area contributed by atoms with Crippen LogP contribution < -0.4 is 5.32 Å². The zero-order valence-corrected chi connectivity index (χ0v) is 36.6. The Morgan fingerprint density at radius 3 is 1.47 bits per heavy atom. The van der Waals surface area contributed by atoms with Gasteiger partial charge in [0.25, 0.3) is 0 Å². The zero-order chi connectivity index (χ0) is 41.6. The molecular weight excluding hydrogens is 719 g/mol. The van der Waals surface area contributed by atoms with Crippen molar-refractivity contribution >= 4 is 5.91 Å². The minimum absolute atomic E-state index is 0.190. The van der Waals surface area contributed by atoms with Crippen LogP contribution >= 0.6 is 0 Å². The lowest BCUT2D eigenvalue weighted by molar-refractivity contribution is -0.302. The molecule has 57 heavy (non-hydrogen) atoms. The quantitative estimate of drug-likeness (QED) is 0.0266. The van der Waals surface area contributed by atoms with Crippen molar-refractivity contribution in [1.82, 2.24) is 5.32 Å². The Balaban J connectivity index is 2.38. The van der Waals surface area contributed by atoms with Crippen molar-refractivity contribution in [2.24, 2.45) is 0 Å². The fourth-order valence-corrected chi connectivity index (χ4v) is 7.36. The number of carbonyl (C=O) groups is 1. The Morgan fingerprint density at radius 1 is 0.579 bits per heavy atom. The number of rotatable bonds is 39. The molecular formula is C48H89NO8. The molecule has 7 unspecified atom stereocenters. The Bertz CT molecular complexity index is 987. The lowest BCUT2D eigenvalue weighted by Gasteiger charge is -2.40. The minimum Gasteiger partial charge on any atom is -0.394 e. The van der Waals surface area contributed by atoms with Crippen molar-refractivity contribution in [2.45, 2.75) is 249 Å². The summed E-state index contributed by atoms with van der Waals surface area (Å²) in [5, 5.41) is 54.2. The van der Waals surface area contributed by atoms with Gasteiger partial charge in [0.1, 0.15) is 24.4 Å². The molecule has 0 aliphatic carbocycles. The molecule has 334 valence electrons. The van der Waals surface area contributed by atoms with Crippen LogP contribution in [-0.4, -0.2) is 87.5 Å². The van der Waals surface area contributed by atoms with E-state index in [1.54, 1.807) is 6.08 Å². The van der Waals surface area contributed by atoms with Crippen LogP contribution in [0.2, 0.25) is 0 Å². The van der Waals surface area contributed by atoms with Gasteiger partial charge in [-0.15, -0.1) is 0 Å². The molecule has 0 aromatic carbocycles. The molecule has 1 heterocycles. The van der Waals surface area contributed by atoms with Crippen LogP contribution in [0.5, 0.6) is 0 Å². The van der Waals surface area contributed by atoms with Gasteiger partial charge < -0.3 is 40.3 Å². The fourth-order valence-electron chi connectivity index (χ4n) is 7.36. The molecule has 9 nitrogen and oxygen atoms in total. The molecule has 1 fully saturated rings. The average molecular weight is 808 g/mol. The summed E-state index contributed by atoms with van der Waals surface area (Å²) in [5.74, 6) is -0.190. The van der Waals surface area contributed by atoms with E-state index in [2.05, 4.69) is 43.5 Å². The Kier molecular flexibility index (Phi) is 36.2. The monoisotopic (exact) mass is 808 g/mol. The normalized spacial score (nSPS) is 21.3. The van der Waals surface area contributed by atoms with Gasteiger partial charge in [0.05, 0.1) is 25.4 Å². The van der Waals surface area contributed by atoms with E-state index in [1.165, 1.54) is 141 Å². The van der Waals surface area contributed by atoms with Gasteiger partial charge in [-0.1, -0.05) is 192 Å². The summed E-state index contributed by atoms with van der Waals surface area (Å²) in [5.41, 5.74) is 0. The first-order valence-electron chi connectivity index (χ1n) is 23.7. The van der Waals surface area contributed by atoms with Crippen molar-refractivity contribution in [1.29, 1.82) is 0 Å². The minimum atomic E-state index is -1.57. The van der Waals surface area contributed by atoms with Crippen LogP contribution in [0, 0.1) is 0 Å². The number of ether oxygens (including phenoxy) is 2. The van der Waals surface area contributed by atoms with Crippen molar-refractivity contribution in [2.75, 3.05) is 13.2 Å². The van der Waals surface area contributed by atoms with E-state index in [-0.39, 0.29) is 12.5 Å². The molecule has 6 N–H and O–H groups in total. The highest BCUT2D eigenvalue weighted by Gasteiger charge is 2.44. The molecule has 0 radical (unpaired) electrons. The molecule has 0 spiro atoms. The summed E-state index contributed by atoms with van der Waals surface area (Å²) in [6.45, 7) is 3.75. The maximum absolute atomic E-state index is 12.9. The highest BCUT2D eigenvalue weighted by molar-refractivity contribution is 5.76. The number of allylic oxidation sites excluding steroid dienone is 5. The SMILES string of the molecule is CCCCCCCCCCCC/C=C/CC/C=C/CC/C=C/C(O)C(COC1OC(CO)C(O)C(O)C1O)NC(=O)CCCCCCCCCCCCCCCC. The van der Waals surface area contributed by atoms with Gasteiger partial charge in [-0.3, -0.25) is 4.79 Å².